The van der Waals surface area contributed by atoms with Crippen LogP contribution in [0.1, 0.15) is 52.5 Å². The van der Waals surface area contributed by atoms with Gasteiger partial charge in [0.1, 0.15) is 11.3 Å². The minimum Gasteiger partial charge on any atom is -0.462 e. The van der Waals surface area contributed by atoms with Crippen LogP contribution in [-0.4, -0.2) is 32.5 Å². The van der Waals surface area contributed by atoms with Crippen LogP contribution >= 0.6 is 35.2 Å². The number of aromatic nitrogens is 3. The predicted molar refractivity (Wildman–Crippen MR) is 132 cm³/mol. The molecule has 1 aliphatic carbocycles. The number of ether oxygens (including phenoxy) is 1. The Morgan fingerprint density at radius 2 is 2.06 bits per heavy atom. The van der Waals surface area contributed by atoms with Crippen LogP contribution in [0.4, 0.5) is 10.9 Å². The Labute approximate surface area is 201 Å². The Kier molecular flexibility index (Phi) is 7.39. The smallest absolute Gasteiger partial charge is 0.341 e. The van der Waals surface area contributed by atoms with Crippen molar-refractivity contribution < 1.29 is 9.53 Å². The number of thiocarbonyl (C=S) groups is 1. The largest absolute Gasteiger partial charge is 0.462 e. The zero-order valence-electron chi connectivity index (χ0n) is 17.7. The van der Waals surface area contributed by atoms with E-state index in [-0.39, 0.29) is 5.97 Å². The quantitative estimate of drug-likeness (QED) is 0.276. The van der Waals surface area contributed by atoms with Crippen LogP contribution < -0.4 is 10.6 Å². The second kappa shape index (κ2) is 10.4. The van der Waals surface area contributed by atoms with E-state index >= 15 is 0 Å². The van der Waals surface area contributed by atoms with Crippen LogP contribution in [0.5, 0.6) is 0 Å². The van der Waals surface area contributed by atoms with E-state index in [2.05, 4.69) is 20.7 Å². The van der Waals surface area contributed by atoms with Crippen LogP contribution in [0, 0.1) is 0 Å². The van der Waals surface area contributed by atoms with Gasteiger partial charge in [-0.25, -0.2) is 14.5 Å². The average molecular weight is 490 g/mol. The summed E-state index contributed by atoms with van der Waals surface area (Å²) in [7, 11) is 0. The first kappa shape index (κ1) is 22.7. The van der Waals surface area contributed by atoms with Gasteiger partial charge < -0.3 is 10.1 Å². The van der Waals surface area contributed by atoms with Crippen molar-refractivity contribution in [3.8, 4) is 0 Å². The minimum atomic E-state index is -0.306. The highest BCUT2D eigenvalue weighted by Gasteiger charge is 2.26. The number of fused-ring (bicyclic) bond motifs is 1. The Morgan fingerprint density at radius 1 is 1.25 bits per heavy atom. The van der Waals surface area contributed by atoms with Crippen molar-refractivity contribution in [2.75, 3.05) is 17.2 Å². The number of halogens is 1. The molecule has 168 valence electrons. The molecule has 0 fully saturated rings. The third kappa shape index (κ3) is 5.28. The second-order valence-electron chi connectivity index (χ2n) is 7.43. The van der Waals surface area contributed by atoms with E-state index in [0.29, 0.717) is 39.8 Å². The summed E-state index contributed by atoms with van der Waals surface area (Å²) in [6.07, 6.45) is 6.86. The molecule has 0 atom stereocenters. The maximum Gasteiger partial charge on any atom is 0.341 e. The number of hydrogen-bond donors (Lipinski definition) is 2. The molecule has 0 radical (unpaired) electrons. The van der Waals surface area contributed by atoms with Gasteiger partial charge in [0, 0.05) is 9.90 Å². The Balaban J connectivity index is 1.47. The molecule has 0 amide bonds. The van der Waals surface area contributed by atoms with Gasteiger partial charge in [0.05, 0.1) is 18.7 Å². The molecular formula is C22H24ClN5O2S2. The first-order valence-corrected chi connectivity index (χ1v) is 12.2. The van der Waals surface area contributed by atoms with Gasteiger partial charge in [0.15, 0.2) is 5.11 Å². The maximum atomic E-state index is 12.7. The first-order valence-electron chi connectivity index (χ1n) is 10.6. The van der Waals surface area contributed by atoms with E-state index in [4.69, 9.17) is 28.6 Å². The van der Waals surface area contributed by atoms with Gasteiger partial charge >= 0.3 is 5.97 Å². The summed E-state index contributed by atoms with van der Waals surface area (Å²) >= 11 is 13.3. The molecule has 3 aromatic rings. The third-order valence-corrected chi connectivity index (χ3v) is 6.96. The fourth-order valence-electron chi connectivity index (χ4n) is 3.72. The van der Waals surface area contributed by atoms with Crippen molar-refractivity contribution in [2.24, 2.45) is 0 Å². The van der Waals surface area contributed by atoms with Crippen LogP contribution in [0.2, 0.25) is 5.02 Å². The molecule has 1 aromatic carbocycles. The van der Waals surface area contributed by atoms with Gasteiger partial charge in [-0.05, 0) is 62.0 Å². The number of esters is 1. The fourth-order valence-corrected chi connectivity index (χ4v) is 5.45. The van der Waals surface area contributed by atoms with Gasteiger partial charge in [0.25, 0.3) is 0 Å². The lowest BCUT2D eigenvalue weighted by Gasteiger charge is -2.10. The Hall–Kier alpha value is -2.49. The molecule has 1 aliphatic rings. The Morgan fingerprint density at radius 3 is 2.88 bits per heavy atom. The van der Waals surface area contributed by atoms with Crippen LogP contribution in [0.15, 0.2) is 30.6 Å². The summed E-state index contributed by atoms with van der Waals surface area (Å²) in [6, 6.07) is 7.61. The number of nitrogens with zero attached hydrogens (tertiary/aromatic N) is 3. The molecule has 4 rings (SSSR count). The fraction of sp³-hybridized carbons (Fsp3) is 0.364. The molecule has 32 heavy (non-hydrogen) atoms. The van der Waals surface area contributed by atoms with E-state index in [0.717, 1.165) is 36.8 Å². The molecule has 10 heteroatoms. The van der Waals surface area contributed by atoms with Gasteiger partial charge in [-0.2, -0.15) is 0 Å². The summed E-state index contributed by atoms with van der Waals surface area (Å²) in [5.41, 5.74) is 2.65. The molecule has 2 heterocycles. The van der Waals surface area contributed by atoms with Crippen LogP contribution in [-0.2, 0) is 24.1 Å². The van der Waals surface area contributed by atoms with E-state index in [1.165, 1.54) is 11.3 Å². The van der Waals surface area contributed by atoms with Gasteiger partial charge in [-0.3, -0.25) is 5.32 Å². The van der Waals surface area contributed by atoms with E-state index in [1.54, 1.807) is 22.3 Å². The van der Waals surface area contributed by atoms with Gasteiger partial charge in [-0.15, -0.1) is 16.4 Å². The molecule has 0 saturated carbocycles. The van der Waals surface area contributed by atoms with Crippen molar-refractivity contribution in [3.63, 3.8) is 0 Å². The van der Waals surface area contributed by atoms with Crippen molar-refractivity contribution in [1.29, 1.82) is 0 Å². The van der Waals surface area contributed by atoms with Gasteiger partial charge in [0.2, 0.25) is 5.95 Å². The molecule has 0 saturated heterocycles. The molecule has 7 nitrogen and oxygen atoms in total. The molecule has 0 unspecified atom stereocenters. The summed E-state index contributed by atoms with van der Waals surface area (Å²) in [5, 5.41) is 12.3. The number of benzene rings is 1. The molecule has 0 aliphatic heterocycles. The first-order chi connectivity index (χ1) is 15.5. The molecule has 0 spiro atoms. The second-order valence-corrected chi connectivity index (χ2v) is 9.35. The minimum absolute atomic E-state index is 0.306. The highest BCUT2D eigenvalue weighted by molar-refractivity contribution is 7.80. The summed E-state index contributed by atoms with van der Waals surface area (Å²) < 4.78 is 7.01. The molecular weight excluding hydrogens is 466 g/mol. The highest BCUT2D eigenvalue weighted by atomic mass is 35.5. The maximum absolute atomic E-state index is 12.7. The van der Waals surface area contributed by atoms with E-state index < -0.39 is 0 Å². The number of anilines is 2. The zero-order chi connectivity index (χ0) is 22.5. The summed E-state index contributed by atoms with van der Waals surface area (Å²) in [6.45, 7) is 2.64. The number of carbonyl (C=O) groups excluding carboxylic acids is 1. The van der Waals surface area contributed by atoms with Crippen LogP contribution in [0.3, 0.4) is 0 Å². The standard InChI is InChI=1S/C22H24ClN5O2S2/c1-2-30-20(29)18-15-9-4-3-5-11-17(15)32-19(18)25-22(31)26-21-24-13-28(27-21)12-14-8-6-7-10-16(14)23/h6-8,10,13H,2-5,9,11-12H2,1H3,(H2,25,26,27,31). The number of aryl methyl sites for hydroxylation is 1. The molecule has 0 bridgehead atoms. The number of hydrogen-bond acceptors (Lipinski definition) is 6. The lowest BCUT2D eigenvalue weighted by Crippen LogP contribution is -2.21. The summed E-state index contributed by atoms with van der Waals surface area (Å²) in [4.78, 5) is 18.2. The number of carbonyl (C=O) groups is 1. The van der Waals surface area contributed by atoms with E-state index in [9.17, 15) is 4.79 Å². The predicted octanol–water partition coefficient (Wildman–Crippen LogP) is 5.30. The molecule has 2 N–H and O–H groups in total. The number of rotatable bonds is 6. The SMILES string of the molecule is CCOC(=O)c1c(NC(=S)Nc2ncn(Cc3ccccc3Cl)n2)sc2c1CCCCC2. The van der Waals surface area contributed by atoms with Crippen molar-refractivity contribution in [3.05, 3.63) is 57.2 Å². The van der Waals surface area contributed by atoms with Gasteiger partial charge in [-0.1, -0.05) is 36.2 Å². The van der Waals surface area contributed by atoms with Crippen molar-refractivity contribution >= 4 is 57.2 Å². The Bertz CT molecular complexity index is 1130. The highest BCUT2D eigenvalue weighted by Crippen LogP contribution is 2.38. The zero-order valence-corrected chi connectivity index (χ0v) is 20.1. The number of thiophene rings is 1. The molecule has 2 aromatic heterocycles. The lowest BCUT2D eigenvalue weighted by molar-refractivity contribution is 0.0527. The number of nitrogens with one attached hydrogen (secondary N) is 2. The third-order valence-electron chi connectivity index (χ3n) is 5.18. The average Bonchev–Trinajstić information content (AvgIpc) is 3.26. The lowest BCUT2D eigenvalue weighted by atomic mass is 10.1. The van der Waals surface area contributed by atoms with Crippen LogP contribution in [0.25, 0.3) is 0 Å². The topological polar surface area (TPSA) is 81.1 Å². The van der Waals surface area contributed by atoms with E-state index in [1.807, 2.05) is 31.2 Å². The summed E-state index contributed by atoms with van der Waals surface area (Å²) in [5.74, 6) is 0.0599. The normalized spacial score (nSPS) is 13.2. The van der Waals surface area contributed by atoms with Crippen molar-refractivity contribution in [2.45, 2.75) is 45.6 Å². The van der Waals surface area contributed by atoms with Crippen molar-refractivity contribution in [1.82, 2.24) is 14.8 Å². The monoisotopic (exact) mass is 489 g/mol.